The molecule has 3 aromatic rings. The van der Waals surface area contributed by atoms with Crippen LogP contribution in [0.4, 0.5) is 5.82 Å². The SMILES string of the molecule is N#Cc1ccc(CC2CCCCC3Cc4nc(N5CCNCC5)ccc4[C@@H]3CC2)c2cccnc12. The quantitative estimate of drug-likeness (QED) is 0.563. The first kappa shape index (κ1) is 22.5. The topological polar surface area (TPSA) is 64.8 Å². The lowest BCUT2D eigenvalue weighted by molar-refractivity contribution is 0.380. The number of aromatic nitrogens is 2. The molecule has 3 atom stereocenters. The molecule has 6 rings (SSSR count). The molecule has 5 heteroatoms. The molecule has 1 aliphatic heterocycles. The summed E-state index contributed by atoms with van der Waals surface area (Å²) in [5, 5.41) is 14.1. The molecule has 2 fully saturated rings. The largest absolute Gasteiger partial charge is 0.354 e. The maximum Gasteiger partial charge on any atom is 0.128 e. The Labute approximate surface area is 208 Å². The molecular weight excluding hydrogens is 430 g/mol. The molecule has 2 aromatic heterocycles. The Morgan fingerprint density at radius 2 is 1.89 bits per heavy atom. The zero-order chi connectivity index (χ0) is 23.6. The molecule has 1 N–H and O–H groups in total. The van der Waals surface area contributed by atoms with Crippen molar-refractivity contribution < 1.29 is 0 Å². The Hall–Kier alpha value is -2.97. The van der Waals surface area contributed by atoms with E-state index in [2.05, 4.69) is 45.5 Å². The first-order chi connectivity index (χ1) is 17.3. The van der Waals surface area contributed by atoms with Gasteiger partial charge in [0.2, 0.25) is 0 Å². The van der Waals surface area contributed by atoms with E-state index < -0.39 is 0 Å². The predicted molar refractivity (Wildman–Crippen MR) is 141 cm³/mol. The molecule has 1 saturated heterocycles. The van der Waals surface area contributed by atoms with Gasteiger partial charge in [-0.25, -0.2) is 4.98 Å². The van der Waals surface area contributed by atoms with E-state index in [4.69, 9.17) is 4.98 Å². The van der Waals surface area contributed by atoms with Gasteiger partial charge in [0.15, 0.2) is 0 Å². The zero-order valence-corrected chi connectivity index (χ0v) is 20.5. The standard InChI is InChI=1S/C30H35N5/c31-20-24-9-8-23(26-6-3-13-33-30(24)26)18-21-4-1-2-5-22-19-28-27(25(22)10-7-21)11-12-29(34-28)35-16-14-32-15-17-35/h3,6,8-9,11-13,21-22,25,32H,1-2,4-5,7,10,14-19H2/t21?,22?,25-/m1/s1. The van der Waals surface area contributed by atoms with Gasteiger partial charge in [0, 0.05) is 43.5 Å². The number of piperazine rings is 1. The van der Waals surface area contributed by atoms with Gasteiger partial charge in [-0.15, -0.1) is 0 Å². The van der Waals surface area contributed by atoms with E-state index >= 15 is 0 Å². The van der Waals surface area contributed by atoms with Crippen molar-refractivity contribution in [2.45, 2.75) is 57.3 Å². The number of pyridine rings is 2. The lowest BCUT2D eigenvalue weighted by Gasteiger charge is -2.28. The fourth-order valence-electron chi connectivity index (χ4n) is 6.82. The maximum atomic E-state index is 9.51. The minimum absolute atomic E-state index is 0.662. The van der Waals surface area contributed by atoms with Crippen molar-refractivity contribution in [1.82, 2.24) is 15.3 Å². The monoisotopic (exact) mass is 465 g/mol. The second kappa shape index (κ2) is 9.95. The number of nitrogens with zero attached hydrogens (tertiary/aromatic N) is 4. The fourth-order valence-corrected chi connectivity index (χ4v) is 6.82. The summed E-state index contributed by atoms with van der Waals surface area (Å²) >= 11 is 0. The highest BCUT2D eigenvalue weighted by Crippen LogP contribution is 2.45. The van der Waals surface area contributed by atoms with Crippen LogP contribution in [0.25, 0.3) is 10.9 Å². The summed E-state index contributed by atoms with van der Waals surface area (Å²) in [6.07, 6.45) is 11.9. The van der Waals surface area contributed by atoms with Gasteiger partial charge in [-0.1, -0.05) is 37.5 Å². The second-order valence-electron chi connectivity index (χ2n) is 10.7. The van der Waals surface area contributed by atoms with Crippen LogP contribution in [0.5, 0.6) is 0 Å². The van der Waals surface area contributed by atoms with Crippen molar-refractivity contribution in [3.05, 3.63) is 65.0 Å². The van der Waals surface area contributed by atoms with Crippen LogP contribution in [0.3, 0.4) is 0 Å². The molecule has 2 unspecified atom stereocenters. The molecule has 35 heavy (non-hydrogen) atoms. The van der Waals surface area contributed by atoms with Crippen LogP contribution in [-0.2, 0) is 12.8 Å². The number of hydrogen-bond donors (Lipinski definition) is 1. The number of nitriles is 1. The molecule has 2 aliphatic carbocycles. The molecule has 1 aromatic carbocycles. The van der Waals surface area contributed by atoms with Crippen LogP contribution < -0.4 is 10.2 Å². The molecule has 1 saturated carbocycles. The molecule has 3 heterocycles. The van der Waals surface area contributed by atoms with E-state index in [1.54, 1.807) is 6.20 Å². The van der Waals surface area contributed by atoms with Gasteiger partial charge in [0.05, 0.1) is 11.1 Å². The van der Waals surface area contributed by atoms with Crippen LogP contribution in [0.2, 0.25) is 0 Å². The highest BCUT2D eigenvalue weighted by Gasteiger charge is 2.34. The summed E-state index contributed by atoms with van der Waals surface area (Å²) in [6, 6.07) is 15.3. The van der Waals surface area contributed by atoms with E-state index in [0.29, 0.717) is 17.4 Å². The fraction of sp³-hybridized carbons (Fsp3) is 0.500. The number of fused-ring (bicyclic) bond motifs is 4. The van der Waals surface area contributed by atoms with Gasteiger partial charge in [-0.05, 0) is 79.2 Å². The van der Waals surface area contributed by atoms with Crippen LogP contribution in [0.1, 0.15) is 66.8 Å². The van der Waals surface area contributed by atoms with Gasteiger partial charge in [-0.3, -0.25) is 4.98 Å². The Balaban J connectivity index is 1.20. The highest BCUT2D eigenvalue weighted by atomic mass is 15.2. The molecule has 0 radical (unpaired) electrons. The van der Waals surface area contributed by atoms with E-state index in [1.807, 2.05) is 12.1 Å². The van der Waals surface area contributed by atoms with Gasteiger partial charge in [-0.2, -0.15) is 5.26 Å². The Morgan fingerprint density at radius 1 is 1.00 bits per heavy atom. The molecular formula is C30H35N5. The summed E-state index contributed by atoms with van der Waals surface area (Å²) < 4.78 is 0. The lowest BCUT2D eigenvalue weighted by Crippen LogP contribution is -2.43. The van der Waals surface area contributed by atoms with E-state index in [0.717, 1.165) is 55.8 Å². The number of benzene rings is 1. The summed E-state index contributed by atoms with van der Waals surface area (Å²) in [6.45, 7) is 4.21. The Kier molecular flexibility index (Phi) is 6.39. The molecule has 180 valence electrons. The van der Waals surface area contributed by atoms with Crippen LogP contribution >= 0.6 is 0 Å². The van der Waals surface area contributed by atoms with Crippen LogP contribution in [0, 0.1) is 23.2 Å². The molecule has 3 aliphatic rings. The van der Waals surface area contributed by atoms with Crippen molar-refractivity contribution in [3.63, 3.8) is 0 Å². The third-order valence-corrected chi connectivity index (χ3v) is 8.67. The van der Waals surface area contributed by atoms with Crippen molar-refractivity contribution >= 4 is 16.7 Å². The summed E-state index contributed by atoms with van der Waals surface area (Å²) in [7, 11) is 0. The molecule has 5 nitrogen and oxygen atoms in total. The lowest BCUT2D eigenvalue weighted by atomic mass is 9.83. The average molecular weight is 466 g/mol. The number of nitrogens with one attached hydrogen (secondary N) is 1. The Morgan fingerprint density at radius 3 is 2.77 bits per heavy atom. The van der Waals surface area contributed by atoms with Crippen molar-refractivity contribution in [3.8, 4) is 6.07 Å². The van der Waals surface area contributed by atoms with Gasteiger partial charge >= 0.3 is 0 Å². The van der Waals surface area contributed by atoms with Crippen molar-refractivity contribution in [1.29, 1.82) is 5.26 Å². The molecule has 0 spiro atoms. The second-order valence-corrected chi connectivity index (χ2v) is 10.7. The third-order valence-electron chi connectivity index (χ3n) is 8.67. The summed E-state index contributed by atoms with van der Waals surface area (Å²) in [5.41, 5.74) is 5.78. The number of hydrogen-bond acceptors (Lipinski definition) is 5. The van der Waals surface area contributed by atoms with E-state index in [9.17, 15) is 5.26 Å². The minimum atomic E-state index is 0.662. The highest BCUT2D eigenvalue weighted by molar-refractivity contribution is 5.87. The van der Waals surface area contributed by atoms with E-state index in [1.165, 1.54) is 61.2 Å². The number of rotatable bonds is 3. The predicted octanol–water partition coefficient (Wildman–Crippen LogP) is 5.38. The van der Waals surface area contributed by atoms with Gasteiger partial charge in [0.1, 0.15) is 11.9 Å². The first-order valence-corrected chi connectivity index (χ1v) is 13.5. The average Bonchev–Trinajstić information content (AvgIpc) is 3.29. The van der Waals surface area contributed by atoms with Gasteiger partial charge < -0.3 is 10.2 Å². The van der Waals surface area contributed by atoms with Crippen LogP contribution in [0.15, 0.2) is 42.6 Å². The minimum Gasteiger partial charge on any atom is -0.354 e. The summed E-state index contributed by atoms with van der Waals surface area (Å²) in [5.74, 6) is 3.28. The molecule has 0 bridgehead atoms. The zero-order valence-electron chi connectivity index (χ0n) is 20.5. The smallest absolute Gasteiger partial charge is 0.128 e. The first-order valence-electron chi connectivity index (χ1n) is 13.5. The third kappa shape index (κ3) is 4.52. The van der Waals surface area contributed by atoms with Crippen molar-refractivity contribution in [2.75, 3.05) is 31.1 Å². The summed E-state index contributed by atoms with van der Waals surface area (Å²) in [4.78, 5) is 12.2. The van der Waals surface area contributed by atoms with Crippen LogP contribution in [-0.4, -0.2) is 36.1 Å². The van der Waals surface area contributed by atoms with E-state index in [-0.39, 0.29) is 0 Å². The number of anilines is 1. The van der Waals surface area contributed by atoms with Crippen molar-refractivity contribution in [2.24, 2.45) is 11.8 Å². The normalized spacial score (nSPS) is 24.7. The van der Waals surface area contributed by atoms with Gasteiger partial charge in [0.25, 0.3) is 0 Å². The Bertz CT molecular complexity index is 1240. The maximum absolute atomic E-state index is 9.51. The molecule has 0 amide bonds.